The van der Waals surface area contributed by atoms with E-state index in [1.807, 2.05) is 4.90 Å². The van der Waals surface area contributed by atoms with Gasteiger partial charge in [0.15, 0.2) is 0 Å². The number of nitrogens with two attached hydrogens (primary N) is 1. The number of urea groups is 1. The quantitative estimate of drug-likeness (QED) is 0.768. The van der Waals surface area contributed by atoms with E-state index in [0.29, 0.717) is 25.9 Å². The number of amides is 2. The summed E-state index contributed by atoms with van der Waals surface area (Å²) in [5.74, 6) is 0.794. The monoisotopic (exact) mass is 315 g/mol. The van der Waals surface area contributed by atoms with E-state index in [2.05, 4.69) is 5.32 Å². The lowest BCUT2D eigenvalue weighted by Crippen LogP contribution is -2.45. The average molecular weight is 315 g/mol. The van der Waals surface area contributed by atoms with Gasteiger partial charge in [-0.25, -0.2) is 13.2 Å². The minimum atomic E-state index is -2.83. The van der Waals surface area contributed by atoms with Crippen molar-refractivity contribution >= 4 is 15.9 Å². The second-order valence-electron chi connectivity index (χ2n) is 6.98. The molecule has 3 fully saturated rings. The van der Waals surface area contributed by atoms with Gasteiger partial charge in [-0.1, -0.05) is 6.42 Å². The zero-order valence-corrected chi connectivity index (χ0v) is 13.2. The molecule has 3 N–H and O–H groups in total. The lowest BCUT2D eigenvalue weighted by Gasteiger charge is -2.41. The summed E-state index contributed by atoms with van der Waals surface area (Å²) in [6, 6.07) is 0.0690. The highest BCUT2D eigenvalue weighted by Crippen LogP contribution is 2.47. The van der Waals surface area contributed by atoms with Crippen molar-refractivity contribution in [3.63, 3.8) is 0 Å². The van der Waals surface area contributed by atoms with Crippen molar-refractivity contribution in [2.75, 3.05) is 31.1 Å². The number of rotatable bonds is 2. The van der Waals surface area contributed by atoms with E-state index in [1.165, 1.54) is 6.42 Å². The zero-order valence-electron chi connectivity index (χ0n) is 12.4. The zero-order chi connectivity index (χ0) is 15.1. The van der Waals surface area contributed by atoms with Crippen LogP contribution in [0.4, 0.5) is 4.79 Å². The van der Waals surface area contributed by atoms with Crippen LogP contribution in [0.15, 0.2) is 0 Å². The van der Waals surface area contributed by atoms with E-state index in [0.717, 1.165) is 19.4 Å². The second kappa shape index (κ2) is 5.43. The number of carbonyl (C=O) groups excluding carboxylic acids is 1. The van der Waals surface area contributed by atoms with Gasteiger partial charge in [0.25, 0.3) is 0 Å². The van der Waals surface area contributed by atoms with Gasteiger partial charge in [0.2, 0.25) is 0 Å². The summed E-state index contributed by atoms with van der Waals surface area (Å²) in [7, 11) is -2.83. The SMILES string of the molecule is NC1CN(C(=O)NCC2CCS(=O)(=O)CC2)CC12CCC2. The van der Waals surface area contributed by atoms with E-state index in [4.69, 9.17) is 5.73 Å². The van der Waals surface area contributed by atoms with Crippen molar-refractivity contribution in [2.45, 2.75) is 38.1 Å². The second-order valence-corrected chi connectivity index (χ2v) is 9.29. The van der Waals surface area contributed by atoms with Crippen molar-refractivity contribution in [1.82, 2.24) is 10.2 Å². The first-order valence-electron chi connectivity index (χ1n) is 7.89. The van der Waals surface area contributed by atoms with E-state index >= 15 is 0 Å². The Hall–Kier alpha value is -0.820. The van der Waals surface area contributed by atoms with Gasteiger partial charge in [-0.05, 0) is 31.6 Å². The molecule has 7 heteroatoms. The van der Waals surface area contributed by atoms with Gasteiger partial charge in [-0.2, -0.15) is 0 Å². The van der Waals surface area contributed by atoms with Crippen LogP contribution in [0.5, 0.6) is 0 Å². The summed E-state index contributed by atoms with van der Waals surface area (Å²) in [6.45, 7) is 2.00. The molecule has 2 heterocycles. The third-order valence-corrected chi connectivity index (χ3v) is 7.28. The molecule has 1 saturated carbocycles. The third-order valence-electron chi connectivity index (χ3n) is 5.56. The molecule has 120 valence electrons. The standard InChI is InChI=1S/C14H25N3O3S/c15-12-9-17(10-14(12)4-1-5-14)13(18)16-8-11-2-6-21(19,20)7-3-11/h11-12H,1-10,15H2,(H,16,18). The molecule has 0 bridgehead atoms. The van der Waals surface area contributed by atoms with Crippen LogP contribution in [0.3, 0.4) is 0 Å². The minimum Gasteiger partial charge on any atom is -0.338 e. The molecule has 6 nitrogen and oxygen atoms in total. The van der Waals surface area contributed by atoms with E-state index in [-0.39, 0.29) is 34.9 Å². The normalized spacial score (nSPS) is 31.1. The Morgan fingerprint density at radius 3 is 2.48 bits per heavy atom. The minimum absolute atomic E-state index is 0.0392. The Morgan fingerprint density at radius 2 is 1.95 bits per heavy atom. The molecule has 0 radical (unpaired) electrons. The van der Waals surface area contributed by atoms with Crippen LogP contribution in [0.25, 0.3) is 0 Å². The van der Waals surface area contributed by atoms with Gasteiger partial charge in [0.05, 0.1) is 11.5 Å². The number of hydrogen-bond donors (Lipinski definition) is 2. The Kier molecular flexibility index (Phi) is 3.90. The molecule has 0 aromatic heterocycles. The summed E-state index contributed by atoms with van der Waals surface area (Å²) in [4.78, 5) is 14.1. The molecule has 0 aromatic carbocycles. The van der Waals surface area contributed by atoms with Gasteiger partial charge >= 0.3 is 6.03 Å². The highest BCUT2D eigenvalue weighted by atomic mass is 32.2. The predicted octanol–water partition coefficient (Wildman–Crippen LogP) is 0.334. The Balaban J connectivity index is 1.45. The fourth-order valence-electron chi connectivity index (χ4n) is 3.79. The van der Waals surface area contributed by atoms with Crippen molar-refractivity contribution in [1.29, 1.82) is 0 Å². The molecule has 3 aliphatic rings. The first-order chi connectivity index (χ1) is 9.90. The van der Waals surface area contributed by atoms with Crippen LogP contribution >= 0.6 is 0 Å². The molecule has 1 aliphatic carbocycles. The Labute approximate surface area is 126 Å². The number of carbonyl (C=O) groups is 1. The van der Waals surface area contributed by atoms with Crippen LogP contribution in [0.2, 0.25) is 0 Å². The van der Waals surface area contributed by atoms with Gasteiger partial charge in [-0.15, -0.1) is 0 Å². The summed E-state index contributed by atoms with van der Waals surface area (Å²) in [5, 5.41) is 2.96. The lowest BCUT2D eigenvalue weighted by atomic mass is 9.66. The van der Waals surface area contributed by atoms with E-state index in [1.54, 1.807) is 0 Å². The number of hydrogen-bond acceptors (Lipinski definition) is 4. The van der Waals surface area contributed by atoms with E-state index < -0.39 is 9.84 Å². The number of nitrogens with one attached hydrogen (secondary N) is 1. The largest absolute Gasteiger partial charge is 0.338 e. The number of sulfone groups is 1. The number of nitrogens with zero attached hydrogens (tertiary/aromatic N) is 1. The highest BCUT2D eigenvalue weighted by molar-refractivity contribution is 7.91. The van der Waals surface area contributed by atoms with Gasteiger partial charge in [0, 0.05) is 31.1 Å². The average Bonchev–Trinajstić information content (AvgIpc) is 2.75. The van der Waals surface area contributed by atoms with Crippen LogP contribution in [0.1, 0.15) is 32.1 Å². The maximum atomic E-state index is 12.2. The summed E-state index contributed by atoms with van der Waals surface area (Å²) < 4.78 is 22.8. The lowest BCUT2D eigenvalue weighted by molar-refractivity contribution is 0.125. The van der Waals surface area contributed by atoms with Crippen LogP contribution in [0, 0.1) is 11.3 Å². The molecule has 1 spiro atoms. The molecular weight excluding hydrogens is 290 g/mol. The highest BCUT2D eigenvalue weighted by Gasteiger charge is 2.49. The van der Waals surface area contributed by atoms with Crippen LogP contribution in [-0.2, 0) is 9.84 Å². The molecular formula is C14H25N3O3S. The predicted molar refractivity (Wildman–Crippen MR) is 80.6 cm³/mol. The summed E-state index contributed by atoms with van der Waals surface area (Å²) in [5.41, 5.74) is 6.36. The molecule has 1 unspecified atom stereocenters. The van der Waals surface area contributed by atoms with Crippen LogP contribution in [-0.4, -0.2) is 56.5 Å². The molecule has 1 atom stereocenters. The number of likely N-dealkylation sites (tertiary alicyclic amines) is 1. The fraction of sp³-hybridized carbons (Fsp3) is 0.929. The van der Waals surface area contributed by atoms with Crippen LogP contribution < -0.4 is 11.1 Å². The van der Waals surface area contributed by atoms with E-state index in [9.17, 15) is 13.2 Å². The molecule has 21 heavy (non-hydrogen) atoms. The molecule has 2 amide bonds. The Morgan fingerprint density at radius 1 is 1.29 bits per heavy atom. The first kappa shape index (κ1) is 15.1. The molecule has 3 rings (SSSR count). The van der Waals surface area contributed by atoms with Crippen molar-refractivity contribution < 1.29 is 13.2 Å². The maximum absolute atomic E-state index is 12.2. The molecule has 2 aliphatic heterocycles. The third kappa shape index (κ3) is 3.04. The first-order valence-corrected chi connectivity index (χ1v) is 9.71. The molecule has 0 aromatic rings. The van der Waals surface area contributed by atoms with Gasteiger partial charge in [-0.3, -0.25) is 0 Å². The van der Waals surface area contributed by atoms with Gasteiger partial charge in [0.1, 0.15) is 9.84 Å². The van der Waals surface area contributed by atoms with Crippen molar-refractivity contribution in [3.8, 4) is 0 Å². The maximum Gasteiger partial charge on any atom is 0.317 e. The summed E-state index contributed by atoms with van der Waals surface area (Å²) >= 11 is 0. The van der Waals surface area contributed by atoms with Crippen molar-refractivity contribution in [2.24, 2.45) is 17.1 Å². The summed E-state index contributed by atoms with van der Waals surface area (Å²) in [6.07, 6.45) is 4.81. The fourth-order valence-corrected chi connectivity index (χ4v) is 5.38. The van der Waals surface area contributed by atoms with Gasteiger partial charge < -0.3 is 16.0 Å². The topological polar surface area (TPSA) is 92.5 Å². The van der Waals surface area contributed by atoms with Crippen molar-refractivity contribution in [3.05, 3.63) is 0 Å². The Bertz CT molecular complexity index is 502. The smallest absolute Gasteiger partial charge is 0.317 e. The molecule has 2 saturated heterocycles.